The van der Waals surface area contributed by atoms with Gasteiger partial charge in [0.05, 0.1) is 5.69 Å². The molecule has 1 rings (SSSR count). The van der Waals surface area contributed by atoms with Crippen molar-refractivity contribution in [1.82, 2.24) is 0 Å². The van der Waals surface area contributed by atoms with Crippen molar-refractivity contribution in [2.45, 2.75) is 103 Å². The Morgan fingerprint density at radius 2 is 1.41 bits per heavy atom. The zero-order valence-corrected chi connectivity index (χ0v) is 19.0. The van der Waals surface area contributed by atoms with Gasteiger partial charge in [0.2, 0.25) is 0 Å². The van der Waals surface area contributed by atoms with Gasteiger partial charge >= 0.3 is 0 Å². The third-order valence-corrected chi connectivity index (χ3v) is 5.28. The van der Waals surface area contributed by atoms with Gasteiger partial charge in [0, 0.05) is 24.9 Å². The topological polar surface area (TPSA) is 15.9 Å². The summed E-state index contributed by atoms with van der Waals surface area (Å²) in [5, 5.41) is 3.58. The number of halogens is 2. The minimum absolute atomic E-state index is 0. The maximum absolute atomic E-state index is 5.70. The number of alkyl halides is 1. The quantitative estimate of drug-likeness (QED) is 0.216. The zero-order valence-electron chi connectivity index (χ0n) is 17.5. The van der Waals surface area contributed by atoms with E-state index in [4.69, 9.17) is 11.6 Å². The Morgan fingerprint density at radius 1 is 0.815 bits per heavy atom. The molecule has 0 aliphatic heterocycles. The molecule has 0 aliphatic rings. The Bertz CT molecular complexity index is 427. The highest BCUT2D eigenvalue weighted by atomic mass is 35.5. The molecule has 1 heterocycles. The molecule has 2 nitrogen and oxygen atoms in total. The summed E-state index contributed by atoms with van der Waals surface area (Å²) in [6.07, 6.45) is 23.2. The van der Waals surface area contributed by atoms with Gasteiger partial charge in [-0.3, -0.25) is 0 Å². The molecule has 158 valence electrons. The maximum atomic E-state index is 5.70. The molecule has 1 aromatic rings. The third kappa shape index (κ3) is 16.2. The number of nitrogens with one attached hydrogen (secondary N) is 1. The van der Waals surface area contributed by atoms with Gasteiger partial charge in [0.15, 0.2) is 12.4 Å². The lowest BCUT2D eigenvalue weighted by molar-refractivity contribution is -0.696. The first-order chi connectivity index (χ1) is 12.9. The van der Waals surface area contributed by atoms with E-state index in [0.29, 0.717) is 0 Å². The second-order valence-electron chi connectivity index (χ2n) is 7.54. The molecule has 0 saturated carbocycles. The van der Waals surface area contributed by atoms with Crippen LogP contribution in [0.4, 0.5) is 5.69 Å². The molecule has 0 fully saturated rings. The highest BCUT2D eigenvalue weighted by Gasteiger charge is 2.02. The summed E-state index contributed by atoms with van der Waals surface area (Å²) in [6, 6.07) is 4.36. The molecule has 0 aromatic carbocycles. The van der Waals surface area contributed by atoms with Gasteiger partial charge < -0.3 is 17.7 Å². The average molecular weight is 418 g/mol. The van der Waals surface area contributed by atoms with E-state index in [9.17, 15) is 0 Å². The SMILES string of the molecule is CCCCCCCCNc1ccc[n+](CCCCCCCCCCCl)c1.[Cl-]. The highest BCUT2D eigenvalue weighted by Crippen LogP contribution is 2.10. The maximum Gasteiger partial charge on any atom is 0.192 e. The molecule has 27 heavy (non-hydrogen) atoms. The van der Waals surface area contributed by atoms with E-state index >= 15 is 0 Å². The molecule has 1 N–H and O–H groups in total. The van der Waals surface area contributed by atoms with E-state index in [1.54, 1.807) is 0 Å². The number of hydrogen-bond donors (Lipinski definition) is 1. The number of hydrogen-bond acceptors (Lipinski definition) is 1. The van der Waals surface area contributed by atoms with Gasteiger partial charge in [0.1, 0.15) is 6.54 Å². The second kappa shape index (κ2) is 20.3. The van der Waals surface area contributed by atoms with Crippen LogP contribution < -0.4 is 22.3 Å². The van der Waals surface area contributed by atoms with Gasteiger partial charge in [-0.15, -0.1) is 11.6 Å². The molecule has 0 unspecified atom stereocenters. The van der Waals surface area contributed by atoms with Crippen molar-refractivity contribution >= 4 is 17.3 Å². The zero-order chi connectivity index (χ0) is 18.7. The molecular weight excluding hydrogens is 375 g/mol. The van der Waals surface area contributed by atoms with Crippen LogP contribution >= 0.6 is 11.6 Å². The summed E-state index contributed by atoms with van der Waals surface area (Å²) in [5.41, 5.74) is 1.26. The number of rotatable bonds is 18. The molecule has 0 spiro atoms. The Balaban J connectivity index is 0.00000676. The summed E-state index contributed by atoms with van der Waals surface area (Å²) < 4.78 is 2.34. The van der Waals surface area contributed by atoms with Gasteiger partial charge in [-0.05, 0) is 25.3 Å². The van der Waals surface area contributed by atoms with E-state index in [-0.39, 0.29) is 12.4 Å². The predicted octanol–water partition coefficient (Wildman–Crippen LogP) is 4.11. The van der Waals surface area contributed by atoms with Crippen LogP contribution in [0.5, 0.6) is 0 Å². The first kappa shape index (κ1) is 26.5. The number of anilines is 1. The number of unbranched alkanes of at least 4 members (excludes halogenated alkanes) is 12. The number of pyridine rings is 1. The normalized spacial score (nSPS) is 10.6. The van der Waals surface area contributed by atoms with Gasteiger partial charge in [-0.1, -0.05) is 71.1 Å². The minimum atomic E-state index is 0. The van der Waals surface area contributed by atoms with E-state index in [1.807, 2.05) is 0 Å². The van der Waals surface area contributed by atoms with E-state index in [2.05, 4.69) is 41.3 Å². The Kier molecular flexibility index (Phi) is 19.9. The van der Waals surface area contributed by atoms with Gasteiger partial charge in [0.25, 0.3) is 0 Å². The predicted molar refractivity (Wildman–Crippen MR) is 116 cm³/mol. The van der Waals surface area contributed by atoms with Crippen molar-refractivity contribution in [3.05, 3.63) is 24.5 Å². The van der Waals surface area contributed by atoms with E-state index in [1.165, 1.54) is 95.6 Å². The summed E-state index contributed by atoms with van der Waals surface area (Å²) in [4.78, 5) is 0. The van der Waals surface area contributed by atoms with Crippen molar-refractivity contribution in [2.24, 2.45) is 0 Å². The summed E-state index contributed by atoms with van der Waals surface area (Å²) in [5.74, 6) is 0.824. The molecular formula is C23H42Cl2N2. The summed E-state index contributed by atoms with van der Waals surface area (Å²) in [6.45, 7) is 4.51. The Morgan fingerprint density at radius 3 is 2.07 bits per heavy atom. The molecule has 1 aromatic heterocycles. The molecule has 0 saturated heterocycles. The first-order valence-corrected chi connectivity index (χ1v) is 11.7. The van der Waals surface area contributed by atoms with Crippen molar-refractivity contribution < 1.29 is 17.0 Å². The van der Waals surface area contributed by atoms with Crippen molar-refractivity contribution in [1.29, 1.82) is 0 Å². The van der Waals surface area contributed by atoms with Crippen LogP contribution in [0.3, 0.4) is 0 Å². The van der Waals surface area contributed by atoms with Crippen LogP contribution in [-0.2, 0) is 6.54 Å². The fourth-order valence-corrected chi connectivity index (χ4v) is 3.54. The fraction of sp³-hybridized carbons (Fsp3) is 0.783. The van der Waals surface area contributed by atoms with Crippen LogP contribution in [-0.4, -0.2) is 12.4 Å². The molecule has 4 heteroatoms. The average Bonchev–Trinajstić information content (AvgIpc) is 2.66. The third-order valence-electron chi connectivity index (χ3n) is 5.02. The highest BCUT2D eigenvalue weighted by molar-refractivity contribution is 6.17. The second-order valence-corrected chi connectivity index (χ2v) is 7.92. The Hall–Kier alpha value is -0.470. The monoisotopic (exact) mass is 416 g/mol. The molecule has 0 amide bonds. The van der Waals surface area contributed by atoms with Crippen molar-refractivity contribution in [3.63, 3.8) is 0 Å². The largest absolute Gasteiger partial charge is 1.00 e. The van der Waals surface area contributed by atoms with Crippen molar-refractivity contribution in [3.8, 4) is 0 Å². The smallest absolute Gasteiger partial charge is 0.192 e. The number of aryl methyl sites for hydroxylation is 1. The summed E-state index contributed by atoms with van der Waals surface area (Å²) >= 11 is 5.70. The first-order valence-electron chi connectivity index (χ1n) is 11.2. The van der Waals surface area contributed by atoms with Crippen LogP contribution in [0.25, 0.3) is 0 Å². The standard InChI is InChI=1S/C23H42ClN2.ClH/c1-2-3-4-5-11-14-19-25-23-17-16-21-26(22-23)20-15-12-9-7-6-8-10-13-18-24;/h16-17,21-22,25H,2-15,18-20H2,1H3;1H/q+1;/p-1. The fourth-order valence-electron chi connectivity index (χ4n) is 3.35. The van der Waals surface area contributed by atoms with Gasteiger partial charge in [-0.2, -0.15) is 0 Å². The lowest BCUT2D eigenvalue weighted by Crippen LogP contribution is -3.00. The molecule has 0 aliphatic carbocycles. The van der Waals surface area contributed by atoms with Crippen LogP contribution in [0.2, 0.25) is 0 Å². The van der Waals surface area contributed by atoms with E-state index < -0.39 is 0 Å². The van der Waals surface area contributed by atoms with Crippen LogP contribution in [0.15, 0.2) is 24.5 Å². The van der Waals surface area contributed by atoms with Crippen molar-refractivity contribution in [2.75, 3.05) is 17.7 Å². The lowest BCUT2D eigenvalue weighted by Gasteiger charge is -2.06. The van der Waals surface area contributed by atoms with Crippen LogP contribution in [0.1, 0.15) is 96.8 Å². The minimum Gasteiger partial charge on any atom is -1.00 e. The molecule has 0 bridgehead atoms. The lowest BCUT2D eigenvalue weighted by atomic mass is 10.1. The molecule has 0 atom stereocenters. The molecule has 0 radical (unpaired) electrons. The summed E-state index contributed by atoms with van der Waals surface area (Å²) in [7, 11) is 0. The van der Waals surface area contributed by atoms with Gasteiger partial charge in [-0.25, -0.2) is 4.57 Å². The van der Waals surface area contributed by atoms with E-state index in [0.717, 1.165) is 19.0 Å². The number of aromatic nitrogens is 1. The number of nitrogens with zero attached hydrogens (tertiary/aromatic N) is 1. The van der Waals surface area contributed by atoms with Crippen LogP contribution in [0, 0.1) is 0 Å². The Labute approximate surface area is 179 Å².